The van der Waals surface area contributed by atoms with Gasteiger partial charge in [-0.1, -0.05) is 13.0 Å². The number of hydrogen-bond acceptors (Lipinski definition) is 3. The van der Waals surface area contributed by atoms with Crippen molar-refractivity contribution in [2.45, 2.75) is 25.9 Å². The van der Waals surface area contributed by atoms with E-state index in [1.165, 1.54) is 12.1 Å². The molecular formula is C14H18FNO3. The zero-order chi connectivity index (χ0) is 13.8. The number of rotatable bonds is 4. The zero-order valence-electron chi connectivity index (χ0n) is 10.9. The molecule has 0 amide bonds. The third kappa shape index (κ3) is 3.52. The second-order valence-electron chi connectivity index (χ2n) is 4.95. The van der Waals surface area contributed by atoms with Crippen LogP contribution in [0.5, 0.6) is 0 Å². The normalized spacial score (nSPS) is 23.3. The molecule has 2 N–H and O–H groups in total. The molecule has 0 radical (unpaired) electrons. The molecule has 2 atom stereocenters. The van der Waals surface area contributed by atoms with Gasteiger partial charge < -0.3 is 15.2 Å². The lowest BCUT2D eigenvalue weighted by Crippen LogP contribution is -2.41. The van der Waals surface area contributed by atoms with Gasteiger partial charge in [0.1, 0.15) is 5.82 Å². The van der Waals surface area contributed by atoms with Gasteiger partial charge in [0.05, 0.1) is 12.2 Å². The Balaban J connectivity index is 1.96. The Labute approximate surface area is 111 Å². The van der Waals surface area contributed by atoms with Crippen LogP contribution in [0.4, 0.5) is 4.39 Å². The van der Waals surface area contributed by atoms with E-state index in [0.717, 1.165) is 25.2 Å². The minimum atomic E-state index is -1.24. The van der Waals surface area contributed by atoms with E-state index in [0.29, 0.717) is 18.5 Å². The van der Waals surface area contributed by atoms with Crippen molar-refractivity contribution in [2.75, 3.05) is 13.2 Å². The van der Waals surface area contributed by atoms with Crippen LogP contribution in [-0.4, -0.2) is 30.3 Å². The monoisotopic (exact) mass is 267 g/mol. The van der Waals surface area contributed by atoms with Gasteiger partial charge in [-0.05, 0) is 30.0 Å². The van der Waals surface area contributed by atoms with Crippen LogP contribution in [-0.2, 0) is 11.3 Å². The van der Waals surface area contributed by atoms with E-state index in [9.17, 15) is 9.18 Å². The van der Waals surface area contributed by atoms with Crippen LogP contribution >= 0.6 is 0 Å². The number of ether oxygens (including phenoxy) is 1. The molecular weight excluding hydrogens is 249 g/mol. The van der Waals surface area contributed by atoms with E-state index in [2.05, 4.69) is 12.2 Å². The van der Waals surface area contributed by atoms with Gasteiger partial charge in [-0.25, -0.2) is 9.18 Å². The Morgan fingerprint density at radius 2 is 2.37 bits per heavy atom. The fourth-order valence-corrected chi connectivity index (χ4v) is 2.27. The maximum Gasteiger partial charge on any atom is 0.338 e. The number of carboxylic acids is 1. The smallest absolute Gasteiger partial charge is 0.338 e. The maximum absolute atomic E-state index is 13.5. The molecule has 1 aromatic rings. The van der Waals surface area contributed by atoms with Crippen LogP contribution in [0.2, 0.25) is 0 Å². The predicted octanol–water partition coefficient (Wildman–Crippen LogP) is 2.04. The molecule has 4 nitrogen and oxygen atoms in total. The van der Waals surface area contributed by atoms with Crippen molar-refractivity contribution in [2.24, 2.45) is 5.92 Å². The summed E-state index contributed by atoms with van der Waals surface area (Å²) in [6.45, 7) is 4.13. The average Bonchev–Trinajstić information content (AvgIpc) is 2.37. The van der Waals surface area contributed by atoms with E-state index in [1.807, 2.05) is 0 Å². The number of benzene rings is 1. The highest BCUT2D eigenvalue weighted by atomic mass is 19.1. The number of hydrogen-bond donors (Lipinski definition) is 2. The lowest BCUT2D eigenvalue weighted by atomic mass is 9.97. The van der Waals surface area contributed by atoms with Crippen molar-refractivity contribution >= 4 is 5.97 Å². The van der Waals surface area contributed by atoms with Crippen molar-refractivity contribution < 1.29 is 19.0 Å². The molecule has 1 aromatic carbocycles. The van der Waals surface area contributed by atoms with Crippen LogP contribution in [0.3, 0.4) is 0 Å². The summed E-state index contributed by atoms with van der Waals surface area (Å²) in [7, 11) is 0. The quantitative estimate of drug-likeness (QED) is 0.876. The van der Waals surface area contributed by atoms with Gasteiger partial charge in [0, 0.05) is 19.2 Å². The molecule has 19 heavy (non-hydrogen) atoms. The lowest BCUT2D eigenvalue weighted by Gasteiger charge is -2.29. The number of carboxylic acid groups (broad SMARTS) is 1. The summed E-state index contributed by atoms with van der Waals surface area (Å²) >= 11 is 0. The Hall–Kier alpha value is -1.46. The van der Waals surface area contributed by atoms with E-state index in [1.54, 1.807) is 6.07 Å². The van der Waals surface area contributed by atoms with Crippen molar-refractivity contribution in [3.05, 3.63) is 35.1 Å². The minimum Gasteiger partial charge on any atom is -0.478 e. The largest absolute Gasteiger partial charge is 0.478 e. The third-order valence-electron chi connectivity index (χ3n) is 3.47. The van der Waals surface area contributed by atoms with E-state index in [4.69, 9.17) is 9.84 Å². The molecule has 0 bridgehead atoms. The Bertz CT molecular complexity index is 464. The van der Waals surface area contributed by atoms with Crippen molar-refractivity contribution in [3.63, 3.8) is 0 Å². The standard InChI is InChI=1S/C14H18FNO3/c1-9-8-19-5-4-13(9)16-7-10-2-3-11(14(17)18)12(15)6-10/h2-3,6,9,13,16H,4-5,7-8H2,1H3,(H,17,18). The minimum absolute atomic E-state index is 0.289. The van der Waals surface area contributed by atoms with Crippen LogP contribution in [0.25, 0.3) is 0 Å². The highest BCUT2D eigenvalue weighted by Crippen LogP contribution is 2.15. The molecule has 104 valence electrons. The molecule has 0 aliphatic carbocycles. The van der Waals surface area contributed by atoms with Crippen molar-refractivity contribution in [1.29, 1.82) is 0 Å². The summed E-state index contributed by atoms with van der Waals surface area (Å²) in [5, 5.41) is 12.1. The third-order valence-corrected chi connectivity index (χ3v) is 3.47. The summed E-state index contributed by atoms with van der Waals surface area (Å²) in [4.78, 5) is 10.7. The van der Waals surface area contributed by atoms with Gasteiger partial charge in [-0.15, -0.1) is 0 Å². The molecule has 2 unspecified atom stereocenters. The van der Waals surface area contributed by atoms with E-state index in [-0.39, 0.29) is 5.56 Å². The average molecular weight is 267 g/mol. The number of nitrogens with one attached hydrogen (secondary N) is 1. The summed E-state index contributed by atoms with van der Waals surface area (Å²) in [6.07, 6.45) is 0.941. The fraction of sp³-hybridized carbons (Fsp3) is 0.500. The highest BCUT2D eigenvalue weighted by molar-refractivity contribution is 5.87. The van der Waals surface area contributed by atoms with Crippen LogP contribution in [0.15, 0.2) is 18.2 Å². The first-order chi connectivity index (χ1) is 9.08. The Kier molecular flexibility index (Phi) is 4.50. The van der Waals surface area contributed by atoms with Gasteiger partial charge in [0.2, 0.25) is 0 Å². The molecule has 1 fully saturated rings. The summed E-state index contributed by atoms with van der Waals surface area (Å²) in [5.41, 5.74) is 0.462. The first-order valence-corrected chi connectivity index (χ1v) is 6.41. The zero-order valence-corrected chi connectivity index (χ0v) is 10.9. The Morgan fingerprint density at radius 3 is 3.00 bits per heavy atom. The number of halogens is 1. The molecule has 1 saturated heterocycles. The number of carbonyl (C=O) groups is 1. The SMILES string of the molecule is CC1COCCC1NCc1ccc(C(=O)O)c(F)c1. The van der Waals surface area contributed by atoms with Gasteiger partial charge in [-0.3, -0.25) is 0 Å². The number of aromatic carboxylic acids is 1. The van der Waals surface area contributed by atoms with Crippen LogP contribution in [0, 0.1) is 11.7 Å². The molecule has 0 spiro atoms. The van der Waals surface area contributed by atoms with Crippen LogP contribution < -0.4 is 5.32 Å². The fourth-order valence-electron chi connectivity index (χ4n) is 2.27. The maximum atomic E-state index is 13.5. The Morgan fingerprint density at radius 1 is 1.58 bits per heavy atom. The van der Waals surface area contributed by atoms with Gasteiger partial charge in [-0.2, -0.15) is 0 Å². The molecule has 1 aliphatic rings. The summed E-state index contributed by atoms with van der Waals surface area (Å²) in [6, 6.07) is 4.59. The summed E-state index contributed by atoms with van der Waals surface area (Å²) < 4.78 is 18.9. The van der Waals surface area contributed by atoms with Crippen molar-refractivity contribution in [1.82, 2.24) is 5.32 Å². The van der Waals surface area contributed by atoms with Crippen LogP contribution in [0.1, 0.15) is 29.3 Å². The second kappa shape index (κ2) is 6.12. The highest BCUT2D eigenvalue weighted by Gasteiger charge is 2.21. The summed E-state index contributed by atoms with van der Waals surface area (Å²) in [5.74, 6) is -1.50. The van der Waals surface area contributed by atoms with E-state index >= 15 is 0 Å². The lowest BCUT2D eigenvalue weighted by molar-refractivity contribution is 0.0386. The van der Waals surface area contributed by atoms with E-state index < -0.39 is 11.8 Å². The molecule has 5 heteroatoms. The topological polar surface area (TPSA) is 58.6 Å². The molecule has 1 aliphatic heterocycles. The van der Waals surface area contributed by atoms with Gasteiger partial charge >= 0.3 is 5.97 Å². The molecule has 2 rings (SSSR count). The predicted molar refractivity (Wildman–Crippen MR) is 68.6 cm³/mol. The molecule has 1 heterocycles. The molecule has 0 aromatic heterocycles. The van der Waals surface area contributed by atoms with Gasteiger partial charge in [0.15, 0.2) is 0 Å². The van der Waals surface area contributed by atoms with Crippen molar-refractivity contribution in [3.8, 4) is 0 Å². The second-order valence-corrected chi connectivity index (χ2v) is 4.95. The van der Waals surface area contributed by atoms with Gasteiger partial charge in [0.25, 0.3) is 0 Å². The first-order valence-electron chi connectivity index (χ1n) is 6.41. The molecule has 0 saturated carbocycles. The first kappa shape index (κ1) is 14.0.